The zero-order valence-corrected chi connectivity index (χ0v) is 16.7. The van der Waals surface area contributed by atoms with Crippen LogP contribution in [-0.4, -0.2) is 35.2 Å². The molecule has 1 aromatic heterocycles. The van der Waals surface area contributed by atoms with Crippen LogP contribution in [0.1, 0.15) is 82.2 Å². The second kappa shape index (κ2) is 7.82. The predicted molar refractivity (Wildman–Crippen MR) is 108 cm³/mol. The number of amides is 1. The Morgan fingerprint density at radius 3 is 2.61 bits per heavy atom. The third-order valence-electron chi connectivity index (χ3n) is 6.17. The van der Waals surface area contributed by atoms with E-state index in [-0.39, 0.29) is 17.7 Å². The molecule has 1 aromatic carbocycles. The molecule has 2 aromatic rings. The molecule has 0 unspecified atom stereocenters. The maximum atomic E-state index is 13.6. The van der Waals surface area contributed by atoms with Crippen LogP contribution in [0.15, 0.2) is 24.3 Å². The topological polar surface area (TPSA) is 62.4 Å². The van der Waals surface area contributed by atoms with Gasteiger partial charge in [-0.05, 0) is 55.9 Å². The van der Waals surface area contributed by atoms with E-state index in [1.807, 2.05) is 24.0 Å². The van der Waals surface area contributed by atoms with Crippen molar-refractivity contribution in [3.63, 3.8) is 0 Å². The largest absolute Gasteiger partial charge is 0.497 e. The summed E-state index contributed by atoms with van der Waals surface area (Å²) < 4.78 is 5.28. The van der Waals surface area contributed by atoms with Gasteiger partial charge in [-0.25, -0.2) is 0 Å². The summed E-state index contributed by atoms with van der Waals surface area (Å²) in [4.78, 5) is 31.2. The number of hydrogen-bond acceptors (Lipinski definition) is 3. The van der Waals surface area contributed by atoms with Crippen LogP contribution in [-0.2, 0) is 6.42 Å². The van der Waals surface area contributed by atoms with Crippen LogP contribution in [0, 0.1) is 6.92 Å². The van der Waals surface area contributed by atoms with E-state index in [1.165, 1.54) is 0 Å². The van der Waals surface area contributed by atoms with Gasteiger partial charge in [0, 0.05) is 24.2 Å². The van der Waals surface area contributed by atoms with Crippen LogP contribution in [0.5, 0.6) is 5.75 Å². The number of aromatic nitrogens is 1. The number of methoxy groups -OCH3 is 1. The van der Waals surface area contributed by atoms with Crippen molar-refractivity contribution in [2.45, 2.75) is 57.9 Å². The maximum absolute atomic E-state index is 13.6. The number of likely N-dealkylation sites (tertiary alicyclic amines) is 1. The van der Waals surface area contributed by atoms with Crippen molar-refractivity contribution < 1.29 is 14.3 Å². The lowest BCUT2D eigenvalue weighted by Gasteiger charge is -2.30. The molecule has 1 atom stereocenters. The zero-order valence-electron chi connectivity index (χ0n) is 16.7. The monoisotopic (exact) mass is 380 g/mol. The first-order chi connectivity index (χ1) is 13.6. The van der Waals surface area contributed by atoms with Crippen molar-refractivity contribution >= 4 is 11.7 Å². The van der Waals surface area contributed by atoms with Crippen molar-refractivity contribution in [2.24, 2.45) is 0 Å². The summed E-state index contributed by atoms with van der Waals surface area (Å²) >= 11 is 0. The minimum atomic E-state index is 0.0161. The number of ketones is 1. The first kappa shape index (κ1) is 18.8. The highest BCUT2D eigenvalue weighted by Crippen LogP contribution is 2.34. The molecule has 148 valence electrons. The smallest absolute Gasteiger partial charge is 0.271 e. The van der Waals surface area contributed by atoms with Gasteiger partial charge in [0.1, 0.15) is 11.4 Å². The molecule has 5 nitrogen and oxygen atoms in total. The molecule has 4 rings (SSSR count). The molecule has 0 saturated carbocycles. The van der Waals surface area contributed by atoms with Gasteiger partial charge in [-0.3, -0.25) is 9.59 Å². The van der Waals surface area contributed by atoms with Crippen LogP contribution < -0.4 is 4.74 Å². The SMILES string of the molecule is COc1ccc([C@@H]2CCCCCN2C(=O)c2[nH]c3c(c2C)C(=O)CCC3)cc1. The van der Waals surface area contributed by atoms with Gasteiger partial charge in [0.25, 0.3) is 5.91 Å². The van der Waals surface area contributed by atoms with Crippen molar-refractivity contribution in [3.8, 4) is 5.75 Å². The van der Waals surface area contributed by atoms with Crippen molar-refractivity contribution in [1.29, 1.82) is 0 Å². The number of carbonyl (C=O) groups excluding carboxylic acids is 2. The van der Waals surface area contributed by atoms with E-state index in [9.17, 15) is 9.59 Å². The van der Waals surface area contributed by atoms with Crippen molar-refractivity contribution in [1.82, 2.24) is 9.88 Å². The number of rotatable bonds is 3. The van der Waals surface area contributed by atoms with Crippen LogP contribution in [0.3, 0.4) is 0 Å². The van der Waals surface area contributed by atoms with E-state index < -0.39 is 0 Å². The molecule has 1 aliphatic heterocycles. The first-order valence-electron chi connectivity index (χ1n) is 10.3. The lowest BCUT2D eigenvalue weighted by atomic mass is 9.93. The van der Waals surface area contributed by atoms with Gasteiger partial charge in [-0.15, -0.1) is 0 Å². The van der Waals surface area contributed by atoms with Gasteiger partial charge < -0.3 is 14.6 Å². The summed E-state index contributed by atoms with van der Waals surface area (Å²) in [6.45, 7) is 2.65. The normalized spacial score (nSPS) is 19.9. The summed E-state index contributed by atoms with van der Waals surface area (Å²) in [6.07, 6.45) is 6.49. The number of ether oxygens (including phenoxy) is 1. The summed E-state index contributed by atoms with van der Waals surface area (Å²) in [5, 5.41) is 0. The molecule has 1 fully saturated rings. The fraction of sp³-hybridized carbons (Fsp3) is 0.478. The number of fused-ring (bicyclic) bond motifs is 1. The van der Waals surface area contributed by atoms with Crippen LogP contribution >= 0.6 is 0 Å². The molecule has 0 spiro atoms. The first-order valence-corrected chi connectivity index (χ1v) is 10.3. The number of Topliss-reactive ketones (excluding diaryl/α,β-unsaturated/α-hetero) is 1. The van der Waals surface area contributed by atoms with E-state index in [1.54, 1.807) is 7.11 Å². The highest BCUT2D eigenvalue weighted by atomic mass is 16.5. The highest BCUT2D eigenvalue weighted by molar-refractivity contribution is 6.04. The number of carbonyl (C=O) groups is 2. The molecule has 0 bridgehead atoms. The molecule has 1 aliphatic carbocycles. The Bertz CT molecular complexity index is 882. The third-order valence-corrected chi connectivity index (χ3v) is 6.17. The quantitative estimate of drug-likeness (QED) is 0.846. The molecule has 0 radical (unpaired) electrons. The molecule has 2 aliphatic rings. The summed E-state index contributed by atoms with van der Waals surface area (Å²) in [5.41, 5.74) is 4.25. The standard InChI is InChI=1S/C23H28N2O3/c1-15-21-18(7-6-9-20(21)26)24-22(15)23(27)25-14-5-3-4-8-19(25)16-10-12-17(28-2)13-11-16/h10-13,19,24H,3-9,14H2,1-2H3/t19-/m0/s1. The zero-order chi connectivity index (χ0) is 19.7. The van der Waals surface area contributed by atoms with Crippen LogP contribution in [0.2, 0.25) is 0 Å². The van der Waals surface area contributed by atoms with Crippen molar-refractivity contribution in [2.75, 3.05) is 13.7 Å². The lowest BCUT2D eigenvalue weighted by molar-refractivity contribution is 0.0674. The number of H-pyrrole nitrogens is 1. The van der Waals surface area contributed by atoms with E-state index in [2.05, 4.69) is 17.1 Å². The molecule has 1 N–H and O–H groups in total. The lowest BCUT2D eigenvalue weighted by Crippen LogP contribution is -2.35. The third kappa shape index (κ3) is 3.34. The van der Waals surface area contributed by atoms with Gasteiger partial charge in [0.05, 0.1) is 13.2 Å². The second-order valence-corrected chi connectivity index (χ2v) is 7.89. The summed E-state index contributed by atoms with van der Waals surface area (Å²) in [5.74, 6) is 1.00. The van der Waals surface area contributed by atoms with Gasteiger partial charge >= 0.3 is 0 Å². The number of aromatic amines is 1. The molecular formula is C23H28N2O3. The predicted octanol–water partition coefficient (Wildman–Crippen LogP) is 4.61. The molecule has 2 heterocycles. The van der Waals surface area contributed by atoms with Gasteiger partial charge in [-0.1, -0.05) is 25.0 Å². The van der Waals surface area contributed by atoms with E-state index in [4.69, 9.17) is 4.74 Å². The number of hydrogen-bond donors (Lipinski definition) is 1. The van der Waals surface area contributed by atoms with Gasteiger partial charge in [-0.2, -0.15) is 0 Å². The number of nitrogens with one attached hydrogen (secondary N) is 1. The number of nitrogens with zero attached hydrogens (tertiary/aromatic N) is 1. The Kier molecular flexibility index (Phi) is 5.25. The average molecular weight is 380 g/mol. The van der Waals surface area contributed by atoms with Gasteiger partial charge in [0.2, 0.25) is 0 Å². The molecule has 1 saturated heterocycles. The Morgan fingerprint density at radius 2 is 1.89 bits per heavy atom. The van der Waals surface area contributed by atoms with E-state index in [0.29, 0.717) is 12.1 Å². The van der Waals surface area contributed by atoms with E-state index in [0.717, 1.165) is 73.2 Å². The van der Waals surface area contributed by atoms with Crippen LogP contribution in [0.4, 0.5) is 0 Å². The molecule has 28 heavy (non-hydrogen) atoms. The summed E-state index contributed by atoms with van der Waals surface area (Å²) in [7, 11) is 1.66. The van der Waals surface area contributed by atoms with Crippen molar-refractivity contribution in [3.05, 3.63) is 52.3 Å². The minimum absolute atomic E-state index is 0.0161. The summed E-state index contributed by atoms with van der Waals surface area (Å²) in [6, 6.07) is 8.09. The fourth-order valence-corrected chi connectivity index (χ4v) is 4.66. The number of benzene rings is 1. The Hall–Kier alpha value is -2.56. The maximum Gasteiger partial charge on any atom is 0.271 e. The molecule has 1 amide bonds. The van der Waals surface area contributed by atoms with E-state index >= 15 is 0 Å². The average Bonchev–Trinajstić information content (AvgIpc) is 2.90. The second-order valence-electron chi connectivity index (χ2n) is 7.89. The Balaban J connectivity index is 1.68. The Morgan fingerprint density at radius 1 is 1.11 bits per heavy atom. The highest BCUT2D eigenvalue weighted by Gasteiger charge is 2.32. The Labute approximate surface area is 166 Å². The minimum Gasteiger partial charge on any atom is -0.497 e. The van der Waals surface area contributed by atoms with Gasteiger partial charge in [0.15, 0.2) is 5.78 Å². The number of aryl methyl sites for hydroxylation is 1. The molecule has 5 heteroatoms. The molecular weight excluding hydrogens is 352 g/mol. The fourth-order valence-electron chi connectivity index (χ4n) is 4.66. The van der Waals surface area contributed by atoms with Crippen LogP contribution in [0.25, 0.3) is 0 Å².